The fraction of sp³-hybridized carbons (Fsp3) is 0.190. The number of benzene rings is 2. The van der Waals surface area contributed by atoms with Crippen LogP contribution in [-0.4, -0.2) is 40.9 Å². The first-order valence-electron chi connectivity index (χ1n) is 9.54. The normalized spacial score (nSPS) is 14.6. The number of amides is 1. The van der Waals surface area contributed by atoms with Gasteiger partial charge in [0.15, 0.2) is 5.16 Å². The van der Waals surface area contributed by atoms with Crippen LogP contribution in [0.3, 0.4) is 0 Å². The highest BCUT2D eigenvalue weighted by atomic mass is 35.5. The standard InChI is InChI=1S/C21H19ClN4O3S2/c1-2-16-18(13-7-9-14(22)10-8-13)19(23)25-21(24-16)30-12-11-26-20(27)15-5-3-4-6-17(15)31(26,28)29/h3-10H,2,11-12H2,1H3,(H2,23,24,25). The summed E-state index contributed by atoms with van der Waals surface area (Å²) in [5.74, 6) is 0.139. The minimum Gasteiger partial charge on any atom is -0.383 e. The first kappa shape index (κ1) is 21.6. The summed E-state index contributed by atoms with van der Waals surface area (Å²) in [4.78, 5) is 21.5. The van der Waals surface area contributed by atoms with Gasteiger partial charge in [-0.15, -0.1) is 0 Å². The maximum Gasteiger partial charge on any atom is 0.269 e. The molecule has 0 fully saturated rings. The largest absolute Gasteiger partial charge is 0.383 e. The van der Waals surface area contributed by atoms with Crippen LogP contribution in [0.25, 0.3) is 11.1 Å². The Morgan fingerprint density at radius 2 is 1.81 bits per heavy atom. The first-order valence-corrected chi connectivity index (χ1v) is 12.3. The Morgan fingerprint density at radius 1 is 1.10 bits per heavy atom. The molecule has 160 valence electrons. The van der Waals surface area contributed by atoms with Gasteiger partial charge in [-0.05, 0) is 36.2 Å². The smallest absolute Gasteiger partial charge is 0.269 e. The fourth-order valence-corrected chi connectivity index (χ4v) is 6.03. The van der Waals surface area contributed by atoms with Crippen LogP contribution in [0, 0.1) is 0 Å². The number of thioether (sulfide) groups is 1. The van der Waals surface area contributed by atoms with E-state index in [1.807, 2.05) is 19.1 Å². The van der Waals surface area contributed by atoms with Gasteiger partial charge in [0.2, 0.25) is 0 Å². The topological polar surface area (TPSA) is 106 Å². The van der Waals surface area contributed by atoms with Crippen molar-refractivity contribution in [3.63, 3.8) is 0 Å². The molecule has 1 aliphatic rings. The Hall–Kier alpha value is -2.62. The molecule has 4 rings (SSSR count). The van der Waals surface area contributed by atoms with Crippen LogP contribution in [0.5, 0.6) is 0 Å². The van der Waals surface area contributed by atoms with Gasteiger partial charge in [-0.1, -0.05) is 54.6 Å². The van der Waals surface area contributed by atoms with Gasteiger partial charge < -0.3 is 5.73 Å². The molecule has 0 atom stereocenters. The Balaban J connectivity index is 1.52. The summed E-state index contributed by atoms with van der Waals surface area (Å²) < 4.78 is 26.2. The highest BCUT2D eigenvalue weighted by Crippen LogP contribution is 2.32. The number of sulfonamides is 1. The van der Waals surface area contributed by atoms with Crippen molar-refractivity contribution in [2.75, 3.05) is 18.0 Å². The third-order valence-electron chi connectivity index (χ3n) is 4.90. The van der Waals surface area contributed by atoms with Crippen molar-refractivity contribution in [2.24, 2.45) is 0 Å². The number of aromatic nitrogens is 2. The zero-order chi connectivity index (χ0) is 22.2. The van der Waals surface area contributed by atoms with E-state index in [2.05, 4.69) is 9.97 Å². The molecule has 3 aromatic rings. The van der Waals surface area contributed by atoms with E-state index in [4.69, 9.17) is 17.3 Å². The van der Waals surface area contributed by atoms with Gasteiger partial charge in [-0.2, -0.15) is 0 Å². The van der Waals surface area contributed by atoms with E-state index in [0.29, 0.717) is 28.2 Å². The summed E-state index contributed by atoms with van der Waals surface area (Å²) in [6.07, 6.45) is 0.645. The number of carbonyl (C=O) groups excluding carboxylic acids is 1. The van der Waals surface area contributed by atoms with E-state index < -0.39 is 15.9 Å². The predicted molar refractivity (Wildman–Crippen MR) is 122 cm³/mol. The number of nitrogen functional groups attached to an aromatic ring is 1. The average molecular weight is 475 g/mol. The number of aryl methyl sites for hydroxylation is 1. The second kappa shape index (κ2) is 8.49. The number of fused-ring (bicyclic) bond motifs is 1. The Morgan fingerprint density at radius 3 is 2.48 bits per heavy atom. The molecule has 2 aromatic carbocycles. The van der Waals surface area contributed by atoms with E-state index in [9.17, 15) is 13.2 Å². The molecule has 1 amide bonds. The molecule has 0 unspecified atom stereocenters. The molecule has 0 bridgehead atoms. The highest BCUT2D eigenvalue weighted by Gasteiger charge is 2.40. The minimum absolute atomic E-state index is 0.0180. The molecular formula is C21H19ClN4O3S2. The van der Waals surface area contributed by atoms with Crippen LogP contribution < -0.4 is 5.73 Å². The van der Waals surface area contributed by atoms with Crippen molar-refractivity contribution in [2.45, 2.75) is 23.4 Å². The lowest BCUT2D eigenvalue weighted by Gasteiger charge is -2.15. The summed E-state index contributed by atoms with van der Waals surface area (Å²) in [5.41, 5.74) is 8.85. The third kappa shape index (κ3) is 4.00. The Labute approximate surface area is 189 Å². The van der Waals surface area contributed by atoms with E-state index in [-0.39, 0.29) is 17.0 Å². The van der Waals surface area contributed by atoms with Crippen LogP contribution in [-0.2, 0) is 16.4 Å². The van der Waals surface area contributed by atoms with Gasteiger partial charge in [-0.3, -0.25) is 4.79 Å². The van der Waals surface area contributed by atoms with Crippen molar-refractivity contribution < 1.29 is 13.2 Å². The SMILES string of the molecule is CCc1nc(SCCN2C(=O)c3ccccc3S2(=O)=O)nc(N)c1-c1ccc(Cl)cc1. The number of nitrogens with two attached hydrogens (primary N) is 1. The second-order valence-electron chi connectivity index (χ2n) is 6.80. The molecule has 7 nitrogen and oxygen atoms in total. The van der Waals surface area contributed by atoms with Crippen LogP contribution in [0.15, 0.2) is 58.6 Å². The van der Waals surface area contributed by atoms with Crippen molar-refractivity contribution in [3.05, 3.63) is 64.8 Å². The molecule has 0 saturated heterocycles. The lowest BCUT2D eigenvalue weighted by Crippen LogP contribution is -2.32. The van der Waals surface area contributed by atoms with Crippen molar-refractivity contribution >= 4 is 45.1 Å². The molecule has 0 radical (unpaired) electrons. The Bertz CT molecular complexity index is 1260. The van der Waals surface area contributed by atoms with Gasteiger partial charge in [0.25, 0.3) is 15.9 Å². The number of rotatable bonds is 6. The lowest BCUT2D eigenvalue weighted by atomic mass is 10.0. The van der Waals surface area contributed by atoms with Crippen molar-refractivity contribution in [1.29, 1.82) is 0 Å². The molecule has 2 N–H and O–H groups in total. The quantitative estimate of drug-likeness (QED) is 0.426. The first-order chi connectivity index (χ1) is 14.8. The van der Waals surface area contributed by atoms with Gasteiger partial charge in [0.1, 0.15) is 10.7 Å². The summed E-state index contributed by atoms with van der Waals surface area (Å²) in [5, 5.41) is 1.07. The Kier molecular flexibility index (Phi) is 5.92. The highest BCUT2D eigenvalue weighted by molar-refractivity contribution is 7.99. The van der Waals surface area contributed by atoms with E-state index >= 15 is 0 Å². The van der Waals surface area contributed by atoms with Crippen molar-refractivity contribution in [1.82, 2.24) is 14.3 Å². The third-order valence-corrected chi connectivity index (χ3v) is 7.82. The monoisotopic (exact) mass is 474 g/mol. The van der Waals surface area contributed by atoms with Crippen LogP contribution in [0.2, 0.25) is 5.02 Å². The lowest BCUT2D eigenvalue weighted by molar-refractivity contribution is 0.0876. The molecule has 10 heteroatoms. The van der Waals surface area contributed by atoms with E-state index in [1.165, 1.54) is 23.9 Å². The van der Waals surface area contributed by atoms with Gasteiger partial charge in [0, 0.05) is 22.9 Å². The second-order valence-corrected chi connectivity index (χ2v) is 10.1. The van der Waals surface area contributed by atoms with Crippen LogP contribution in [0.1, 0.15) is 23.0 Å². The molecular weight excluding hydrogens is 456 g/mol. The maximum absolute atomic E-state index is 12.7. The average Bonchev–Trinajstić information content (AvgIpc) is 2.95. The summed E-state index contributed by atoms with van der Waals surface area (Å²) >= 11 is 7.23. The molecule has 0 aliphatic carbocycles. The minimum atomic E-state index is -3.82. The molecule has 0 spiro atoms. The van der Waals surface area contributed by atoms with Crippen molar-refractivity contribution in [3.8, 4) is 11.1 Å². The molecule has 1 aliphatic heterocycles. The number of carbonyl (C=O) groups is 1. The number of halogens is 1. The molecule has 1 aromatic heterocycles. The molecule has 2 heterocycles. The predicted octanol–water partition coefficient (Wildman–Crippen LogP) is 3.88. The molecule has 0 saturated carbocycles. The summed E-state index contributed by atoms with van der Waals surface area (Å²) in [6, 6.07) is 13.5. The zero-order valence-corrected chi connectivity index (χ0v) is 19.0. The summed E-state index contributed by atoms with van der Waals surface area (Å²) in [6.45, 7) is 1.99. The number of hydrogen-bond acceptors (Lipinski definition) is 7. The number of hydrogen-bond donors (Lipinski definition) is 1. The fourth-order valence-electron chi connectivity index (χ4n) is 3.43. The summed E-state index contributed by atoms with van der Waals surface area (Å²) in [7, 11) is -3.82. The molecule has 31 heavy (non-hydrogen) atoms. The zero-order valence-electron chi connectivity index (χ0n) is 16.6. The van der Waals surface area contributed by atoms with Crippen LogP contribution >= 0.6 is 23.4 Å². The number of nitrogens with zero attached hydrogens (tertiary/aromatic N) is 3. The number of anilines is 1. The van der Waals surface area contributed by atoms with E-state index in [1.54, 1.807) is 24.3 Å². The van der Waals surface area contributed by atoms with Gasteiger partial charge >= 0.3 is 0 Å². The van der Waals surface area contributed by atoms with E-state index in [0.717, 1.165) is 21.1 Å². The van der Waals surface area contributed by atoms with Gasteiger partial charge in [-0.25, -0.2) is 22.7 Å². The van der Waals surface area contributed by atoms with Gasteiger partial charge in [0.05, 0.1) is 11.3 Å². The van der Waals surface area contributed by atoms with Crippen LogP contribution in [0.4, 0.5) is 5.82 Å². The maximum atomic E-state index is 12.7.